The van der Waals surface area contributed by atoms with Crippen LogP contribution in [0.2, 0.25) is 0 Å². The number of imidazole rings is 1. The number of nitrogens with one attached hydrogen (secondary N) is 2. The average Bonchev–Trinajstić information content (AvgIpc) is 3.68. The van der Waals surface area contributed by atoms with Gasteiger partial charge in [-0.3, -0.25) is 9.59 Å². The zero-order valence-corrected chi connectivity index (χ0v) is 28.4. The molecule has 8 nitrogen and oxygen atoms in total. The summed E-state index contributed by atoms with van der Waals surface area (Å²) in [5.74, 6) is 0.706. The molecule has 0 saturated carbocycles. The summed E-state index contributed by atoms with van der Waals surface area (Å²) in [6, 6.07) is 20.0. The van der Waals surface area contributed by atoms with Crippen LogP contribution in [0.25, 0.3) is 5.57 Å². The maximum absolute atomic E-state index is 13.8. The van der Waals surface area contributed by atoms with Crippen molar-refractivity contribution in [2.75, 3.05) is 18.4 Å². The van der Waals surface area contributed by atoms with Crippen molar-refractivity contribution in [3.05, 3.63) is 126 Å². The number of carbonyl (C=O) groups excluding carboxylic acids is 2. The van der Waals surface area contributed by atoms with Crippen LogP contribution in [-0.2, 0) is 22.6 Å². The summed E-state index contributed by atoms with van der Waals surface area (Å²) < 4.78 is 2.14. The molecule has 252 valence electrons. The van der Waals surface area contributed by atoms with Gasteiger partial charge in [-0.25, -0.2) is 4.98 Å². The molecule has 0 radical (unpaired) electrons. The van der Waals surface area contributed by atoms with Gasteiger partial charge in [0, 0.05) is 43.0 Å². The molecule has 5 rings (SSSR count). The Kier molecular flexibility index (Phi) is 11.9. The fourth-order valence-corrected chi connectivity index (χ4v) is 6.31. The lowest BCUT2D eigenvalue weighted by atomic mass is 9.92. The number of anilines is 1. The monoisotopic (exact) mass is 646 g/mol. The van der Waals surface area contributed by atoms with E-state index in [0.717, 1.165) is 55.9 Å². The summed E-state index contributed by atoms with van der Waals surface area (Å²) in [7, 11) is 0. The van der Waals surface area contributed by atoms with Crippen LogP contribution < -0.4 is 16.4 Å². The van der Waals surface area contributed by atoms with E-state index < -0.39 is 11.6 Å². The number of hydrogen-bond acceptors (Lipinski definition) is 5. The zero-order valence-electron chi connectivity index (χ0n) is 28.4. The molecule has 2 heterocycles. The summed E-state index contributed by atoms with van der Waals surface area (Å²) in [5, 5.41) is 5.93. The van der Waals surface area contributed by atoms with E-state index in [1.54, 1.807) is 13.8 Å². The second-order valence-corrected chi connectivity index (χ2v) is 13.4. The van der Waals surface area contributed by atoms with Gasteiger partial charge in [0.2, 0.25) is 11.8 Å². The number of amides is 2. The highest BCUT2D eigenvalue weighted by atomic mass is 16.2. The second-order valence-electron chi connectivity index (χ2n) is 13.4. The molecule has 1 saturated heterocycles. The van der Waals surface area contributed by atoms with Gasteiger partial charge in [0.15, 0.2) is 5.82 Å². The van der Waals surface area contributed by atoms with E-state index >= 15 is 0 Å². The van der Waals surface area contributed by atoms with E-state index in [2.05, 4.69) is 81.3 Å². The number of allylic oxidation sites excluding steroid dienone is 7. The van der Waals surface area contributed by atoms with Gasteiger partial charge in [-0.05, 0) is 69.9 Å². The minimum atomic E-state index is -1.12. The highest BCUT2D eigenvalue weighted by Crippen LogP contribution is 2.33. The van der Waals surface area contributed by atoms with Gasteiger partial charge in [-0.15, -0.1) is 0 Å². The van der Waals surface area contributed by atoms with E-state index in [-0.39, 0.29) is 17.7 Å². The first-order valence-electron chi connectivity index (χ1n) is 17.2. The number of likely N-dealkylation sites (tertiary alicyclic amines) is 1. The Balaban J connectivity index is 1.37. The molecule has 2 aromatic carbocycles. The van der Waals surface area contributed by atoms with Crippen LogP contribution in [0.5, 0.6) is 0 Å². The standard InChI is InChI=1S/C40H50N6O2/c1-30(45-26-14-15-27-45)34(32-20-12-7-13-21-32)25-28-46-29-36(43-37(46)33-22-10-4-5-11-23-33)44-38(47)35(42-39(48)40(2,3)41)24-16-19-31-17-8-6-9-18-31/h4-10,12-13,17-18,20-23,29,34-35H,1,11,14-16,19,24-28,41H2,2-3H3,(H,42,48)(H,44,47). The first-order valence-corrected chi connectivity index (χ1v) is 17.2. The smallest absolute Gasteiger partial charge is 0.248 e. The third-order valence-electron chi connectivity index (χ3n) is 9.07. The first-order chi connectivity index (χ1) is 23.2. The summed E-state index contributed by atoms with van der Waals surface area (Å²) in [6.45, 7) is 10.6. The number of aryl methyl sites for hydroxylation is 2. The Labute approximate surface area is 285 Å². The molecule has 1 fully saturated rings. The van der Waals surface area contributed by atoms with E-state index in [9.17, 15) is 9.59 Å². The third-order valence-corrected chi connectivity index (χ3v) is 9.07. The van der Waals surface area contributed by atoms with Crippen LogP contribution >= 0.6 is 0 Å². The van der Waals surface area contributed by atoms with E-state index in [0.29, 0.717) is 18.8 Å². The van der Waals surface area contributed by atoms with Crippen molar-refractivity contribution < 1.29 is 9.59 Å². The molecule has 2 unspecified atom stereocenters. The van der Waals surface area contributed by atoms with Crippen molar-refractivity contribution in [1.82, 2.24) is 19.8 Å². The molecular formula is C40H50N6O2. The summed E-state index contributed by atoms with van der Waals surface area (Å²) >= 11 is 0. The third kappa shape index (κ3) is 9.44. The number of rotatable bonds is 15. The van der Waals surface area contributed by atoms with Crippen LogP contribution in [-0.4, -0.2) is 50.9 Å². The van der Waals surface area contributed by atoms with Gasteiger partial charge in [0.1, 0.15) is 11.9 Å². The zero-order chi connectivity index (χ0) is 33.9. The van der Waals surface area contributed by atoms with Gasteiger partial charge in [0.05, 0.1) is 5.54 Å². The minimum Gasteiger partial charge on any atom is -0.375 e. The Morgan fingerprint density at radius 3 is 2.42 bits per heavy atom. The van der Waals surface area contributed by atoms with Crippen LogP contribution in [0, 0.1) is 0 Å². The number of carbonyl (C=O) groups is 2. The fraction of sp³-hybridized carbons (Fsp3) is 0.375. The Hall–Kier alpha value is -4.69. The lowest BCUT2D eigenvalue weighted by molar-refractivity contribution is -0.129. The van der Waals surface area contributed by atoms with E-state index in [1.807, 2.05) is 42.6 Å². The molecular weight excluding hydrogens is 596 g/mol. The van der Waals surface area contributed by atoms with E-state index in [1.165, 1.54) is 24.0 Å². The number of benzene rings is 2. The molecule has 1 aromatic heterocycles. The summed E-state index contributed by atoms with van der Waals surface area (Å²) in [6.07, 6.45) is 18.3. The lowest BCUT2D eigenvalue weighted by Crippen LogP contribution is -2.54. The number of nitrogens with two attached hydrogens (primary N) is 1. The highest BCUT2D eigenvalue weighted by Gasteiger charge is 2.29. The van der Waals surface area contributed by atoms with Crippen molar-refractivity contribution >= 4 is 23.2 Å². The fourth-order valence-electron chi connectivity index (χ4n) is 6.31. The second kappa shape index (κ2) is 16.4. The van der Waals surface area contributed by atoms with Crippen molar-refractivity contribution in [2.24, 2.45) is 5.73 Å². The molecule has 3 aromatic rings. The first kappa shape index (κ1) is 34.6. The predicted molar refractivity (Wildman–Crippen MR) is 195 cm³/mol. The molecule has 4 N–H and O–H groups in total. The Bertz CT molecular complexity index is 1620. The van der Waals surface area contributed by atoms with Crippen molar-refractivity contribution in [3.8, 4) is 0 Å². The Morgan fingerprint density at radius 2 is 1.71 bits per heavy atom. The maximum atomic E-state index is 13.8. The summed E-state index contributed by atoms with van der Waals surface area (Å²) in [5.41, 5.74) is 9.56. The van der Waals surface area contributed by atoms with Crippen molar-refractivity contribution in [3.63, 3.8) is 0 Å². The maximum Gasteiger partial charge on any atom is 0.248 e. The average molecular weight is 647 g/mol. The van der Waals surface area contributed by atoms with Crippen molar-refractivity contribution in [2.45, 2.75) is 82.8 Å². The molecule has 8 heteroatoms. The topological polar surface area (TPSA) is 105 Å². The predicted octanol–water partition coefficient (Wildman–Crippen LogP) is 6.75. The molecule has 0 spiro atoms. The SMILES string of the molecule is C=C(C(CCn1cc(NC(=O)C(CCCc2ccccc2)NC(=O)C(C)(C)N)nc1C1=CCC=CC=C1)c1ccccc1)N1CCCC1. The van der Waals surface area contributed by atoms with Gasteiger partial charge in [0.25, 0.3) is 0 Å². The van der Waals surface area contributed by atoms with Crippen LogP contribution in [0.4, 0.5) is 5.82 Å². The lowest BCUT2D eigenvalue weighted by Gasteiger charge is -2.29. The quantitative estimate of drug-likeness (QED) is 0.170. The van der Waals surface area contributed by atoms with E-state index in [4.69, 9.17) is 10.7 Å². The molecule has 1 aliphatic heterocycles. The molecule has 1 aliphatic carbocycles. The van der Waals surface area contributed by atoms with Gasteiger partial charge in [-0.2, -0.15) is 0 Å². The molecule has 2 amide bonds. The molecule has 2 aliphatic rings. The van der Waals surface area contributed by atoms with Gasteiger partial charge in [-0.1, -0.05) is 97.6 Å². The Morgan fingerprint density at radius 1 is 1.00 bits per heavy atom. The molecule has 2 atom stereocenters. The van der Waals surface area contributed by atoms with Crippen molar-refractivity contribution in [1.29, 1.82) is 0 Å². The highest BCUT2D eigenvalue weighted by molar-refractivity contribution is 5.98. The largest absolute Gasteiger partial charge is 0.375 e. The number of aromatic nitrogens is 2. The van der Waals surface area contributed by atoms with Gasteiger partial charge >= 0.3 is 0 Å². The van der Waals surface area contributed by atoms with Crippen LogP contribution in [0.3, 0.4) is 0 Å². The van der Waals surface area contributed by atoms with Gasteiger partial charge < -0.3 is 25.8 Å². The van der Waals surface area contributed by atoms with Crippen LogP contribution in [0.1, 0.15) is 75.2 Å². The summed E-state index contributed by atoms with van der Waals surface area (Å²) in [4.78, 5) is 34.1. The molecule has 48 heavy (non-hydrogen) atoms. The normalized spacial score (nSPS) is 15.8. The molecule has 0 bridgehead atoms. The number of nitrogens with zero attached hydrogens (tertiary/aromatic N) is 3. The minimum absolute atomic E-state index is 0.154. The van der Waals surface area contributed by atoms with Crippen LogP contribution in [0.15, 0.2) is 110 Å². The number of hydrogen-bond donors (Lipinski definition) is 3.